The van der Waals surface area contributed by atoms with Crippen LogP contribution in [-0.2, 0) is 0 Å². The number of aromatic nitrogens is 1. The van der Waals surface area contributed by atoms with Crippen molar-refractivity contribution < 1.29 is 0 Å². The number of benzene rings is 4. The van der Waals surface area contributed by atoms with E-state index in [2.05, 4.69) is 77.8 Å². The van der Waals surface area contributed by atoms with Gasteiger partial charge in [-0.25, -0.2) is 0 Å². The van der Waals surface area contributed by atoms with E-state index in [1.165, 1.54) is 52.8 Å². The number of thiophene rings is 1. The van der Waals surface area contributed by atoms with Gasteiger partial charge in [0.15, 0.2) is 0 Å². The lowest BCUT2D eigenvalue weighted by Gasteiger charge is -2.04. The molecule has 0 spiro atoms. The molecule has 0 saturated carbocycles. The van der Waals surface area contributed by atoms with Crippen molar-refractivity contribution in [2.45, 2.75) is 0 Å². The van der Waals surface area contributed by atoms with Crippen molar-refractivity contribution in [3.63, 3.8) is 0 Å². The van der Waals surface area contributed by atoms with Gasteiger partial charge in [-0.05, 0) is 22.9 Å². The maximum atomic E-state index is 3.68. The highest BCUT2D eigenvalue weighted by Crippen LogP contribution is 2.45. The molecular formula is C22H13NS. The van der Waals surface area contributed by atoms with Crippen LogP contribution in [0.3, 0.4) is 0 Å². The van der Waals surface area contributed by atoms with Crippen molar-refractivity contribution in [1.82, 2.24) is 4.98 Å². The monoisotopic (exact) mass is 323 g/mol. The molecule has 0 aliphatic carbocycles. The summed E-state index contributed by atoms with van der Waals surface area (Å²) in [6.07, 6.45) is 0. The maximum Gasteiger partial charge on any atom is 0.0653 e. The van der Waals surface area contributed by atoms with Gasteiger partial charge in [0.1, 0.15) is 0 Å². The lowest BCUT2D eigenvalue weighted by atomic mass is 9.99. The highest BCUT2D eigenvalue weighted by atomic mass is 32.1. The largest absolute Gasteiger partial charge is 0.353 e. The number of H-pyrrole nitrogens is 1. The summed E-state index contributed by atoms with van der Waals surface area (Å²) in [7, 11) is 0. The summed E-state index contributed by atoms with van der Waals surface area (Å²) in [5.74, 6) is 0. The Bertz CT molecular complexity index is 1290. The first-order valence-electron chi connectivity index (χ1n) is 8.14. The molecule has 0 aliphatic rings. The molecule has 0 unspecified atom stereocenters. The second-order valence-electron chi connectivity index (χ2n) is 6.27. The van der Waals surface area contributed by atoms with Crippen LogP contribution in [0.25, 0.3) is 52.8 Å². The number of nitrogens with one attached hydrogen (secondary N) is 1. The van der Waals surface area contributed by atoms with Crippen molar-refractivity contribution in [3.8, 4) is 0 Å². The van der Waals surface area contributed by atoms with E-state index in [0.29, 0.717) is 0 Å². The van der Waals surface area contributed by atoms with E-state index in [1.807, 2.05) is 11.3 Å². The third-order valence-corrected chi connectivity index (χ3v) is 6.18. The minimum absolute atomic E-state index is 1.21. The van der Waals surface area contributed by atoms with E-state index >= 15 is 0 Å². The van der Waals surface area contributed by atoms with Crippen LogP contribution in [0.1, 0.15) is 0 Å². The highest BCUT2D eigenvalue weighted by molar-refractivity contribution is 7.27. The van der Waals surface area contributed by atoms with E-state index in [0.717, 1.165) is 0 Å². The van der Waals surface area contributed by atoms with Gasteiger partial charge in [-0.2, -0.15) is 0 Å². The second kappa shape index (κ2) is 4.37. The number of para-hydroxylation sites is 1. The van der Waals surface area contributed by atoms with Crippen molar-refractivity contribution in [2.24, 2.45) is 0 Å². The first kappa shape index (κ1) is 12.6. The first-order valence-corrected chi connectivity index (χ1v) is 8.96. The molecule has 0 saturated heterocycles. The standard InChI is InChI=1S/C22H13NS/c1-2-8-14-13(7-1)19-15-9-3-5-11-17(15)23-21(19)22-20(14)16-10-4-6-12-18(16)24-22/h1-12,23H. The Morgan fingerprint density at radius 3 is 2.04 bits per heavy atom. The summed E-state index contributed by atoms with van der Waals surface area (Å²) in [6.45, 7) is 0. The molecule has 2 heteroatoms. The Balaban J connectivity index is 2.07. The molecule has 0 radical (unpaired) electrons. The molecule has 0 aliphatic heterocycles. The van der Waals surface area contributed by atoms with E-state index in [4.69, 9.17) is 0 Å². The second-order valence-corrected chi connectivity index (χ2v) is 7.32. The van der Waals surface area contributed by atoms with Crippen LogP contribution < -0.4 is 0 Å². The average molecular weight is 323 g/mol. The molecule has 6 aromatic rings. The zero-order valence-electron chi connectivity index (χ0n) is 12.8. The fourth-order valence-electron chi connectivity index (χ4n) is 4.00. The summed E-state index contributed by atoms with van der Waals surface area (Å²) >= 11 is 1.89. The lowest BCUT2D eigenvalue weighted by Crippen LogP contribution is -1.77. The van der Waals surface area contributed by atoms with Gasteiger partial charge < -0.3 is 4.98 Å². The summed E-state index contributed by atoms with van der Waals surface area (Å²) < 4.78 is 2.71. The Hall–Kier alpha value is -2.84. The van der Waals surface area contributed by atoms with Gasteiger partial charge in [0.25, 0.3) is 0 Å². The maximum absolute atomic E-state index is 3.68. The van der Waals surface area contributed by atoms with Crippen molar-refractivity contribution in [3.05, 3.63) is 72.8 Å². The third kappa shape index (κ3) is 1.44. The SMILES string of the molecule is c1ccc2c(c1)[nH]c1c3sc4ccccc4c3c3ccccc3c21. The van der Waals surface area contributed by atoms with E-state index in [1.54, 1.807) is 0 Å². The fraction of sp³-hybridized carbons (Fsp3) is 0. The van der Waals surface area contributed by atoms with Crippen LogP contribution in [0.2, 0.25) is 0 Å². The van der Waals surface area contributed by atoms with Crippen molar-refractivity contribution in [2.75, 3.05) is 0 Å². The Morgan fingerprint density at radius 2 is 1.21 bits per heavy atom. The number of fused-ring (bicyclic) bond motifs is 10. The van der Waals surface area contributed by atoms with Gasteiger partial charge in [0.05, 0.1) is 10.2 Å². The zero-order valence-corrected chi connectivity index (χ0v) is 13.7. The van der Waals surface area contributed by atoms with Crippen LogP contribution in [0.4, 0.5) is 0 Å². The van der Waals surface area contributed by atoms with Crippen LogP contribution >= 0.6 is 11.3 Å². The van der Waals surface area contributed by atoms with Gasteiger partial charge in [0, 0.05) is 31.8 Å². The van der Waals surface area contributed by atoms with Crippen LogP contribution in [0.5, 0.6) is 0 Å². The molecule has 0 fully saturated rings. The molecule has 112 valence electrons. The highest BCUT2D eigenvalue weighted by Gasteiger charge is 2.16. The van der Waals surface area contributed by atoms with E-state index < -0.39 is 0 Å². The number of hydrogen-bond donors (Lipinski definition) is 1. The van der Waals surface area contributed by atoms with E-state index in [9.17, 15) is 0 Å². The number of rotatable bonds is 0. The molecule has 24 heavy (non-hydrogen) atoms. The average Bonchev–Trinajstić information content (AvgIpc) is 3.21. The Labute approximate surface area is 142 Å². The van der Waals surface area contributed by atoms with Crippen molar-refractivity contribution in [1.29, 1.82) is 0 Å². The van der Waals surface area contributed by atoms with Gasteiger partial charge in [-0.1, -0.05) is 60.7 Å². The summed E-state index contributed by atoms with van der Waals surface area (Å²) in [5, 5.41) is 8.08. The Kier molecular flexibility index (Phi) is 2.29. The molecule has 1 nitrogen and oxygen atoms in total. The fourth-order valence-corrected chi connectivity index (χ4v) is 5.22. The summed E-state index contributed by atoms with van der Waals surface area (Å²) in [6, 6.07) is 26.2. The van der Waals surface area contributed by atoms with Crippen molar-refractivity contribution >= 4 is 64.1 Å². The molecule has 2 aromatic heterocycles. The minimum atomic E-state index is 1.21. The molecule has 0 amide bonds. The predicted molar refractivity (Wildman–Crippen MR) is 106 cm³/mol. The third-order valence-electron chi connectivity index (χ3n) is 4.99. The first-order chi connectivity index (χ1) is 11.9. The Morgan fingerprint density at radius 1 is 0.583 bits per heavy atom. The molecule has 6 rings (SSSR count). The van der Waals surface area contributed by atoms with Gasteiger partial charge in [-0.3, -0.25) is 0 Å². The lowest BCUT2D eigenvalue weighted by molar-refractivity contribution is 1.57. The molecule has 0 bridgehead atoms. The van der Waals surface area contributed by atoms with E-state index in [-0.39, 0.29) is 0 Å². The number of hydrogen-bond acceptors (Lipinski definition) is 1. The number of aromatic amines is 1. The summed E-state index contributed by atoms with van der Waals surface area (Å²) in [5.41, 5.74) is 2.48. The topological polar surface area (TPSA) is 15.8 Å². The van der Waals surface area contributed by atoms with Crippen LogP contribution in [0, 0.1) is 0 Å². The minimum Gasteiger partial charge on any atom is -0.353 e. The van der Waals surface area contributed by atoms with Crippen LogP contribution in [-0.4, -0.2) is 4.98 Å². The predicted octanol–water partition coefficient (Wildman–Crippen LogP) is 6.84. The van der Waals surface area contributed by atoms with Gasteiger partial charge in [-0.15, -0.1) is 11.3 Å². The van der Waals surface area contributed by atoms with Gasteiger partial charge in [0.2, 0.25) is 0 Å². The quantitative estimate of drug-likeness (QED) is 0.315. The molecule has 2 heterocycles. The zero-order chi connectivity index (χ0) is 15.7. The molecule has 4 aromatic carbocycles. The molecule has 1 N–H and O–H groups in total. The van der Waals surface area contributed by atoms with Crippen LogP contribution in [0.15, 0.2) is 72.8 Å². The van der Waals surface area contributed by atoms with Gasteiger partial charge >= 0.3 is 0 Å². The smallest absolute Gasteiger partial charge is 0.0653 e. The summed E-state index contributed by atoms with van der Waals surface area (Å²) in [4.78, 5) is 3.68. The molecular weight excluding hydrogens is 310 g/mol. The normalized spacial score (nSPS) is 12.2. The molecule has 0 atom stereocenters.